The van der Waals surface area contributed by atoms with E-state index in [1.165, 1.54) is 0 Å². The number of hydrogen-bond donors (Lipinski definition) is 0. The zero-order chi connectivity index (χ0) is 23.9. The molecule has 3 aromatic heterocycles. The highest BCUT2D eigenvalue weighted by atomic mass is 16.1. The Morgan fingerprint density at radius 1 is 0.829 bits per heavy atom. The van der Waals surface area contributed by atoms with E-state index in [2.05, 4.69) is 46.6 Å². The Labute approximate surface area is 203 Å². The van der Waals surface area contributed by atoms with Crippen LogP contribution in [0.1, 0.15) is 49.1 Å². The smallest absolute Gasteiger partial charge is 0.201 e. The van der Waals surface area contributed by atoms with E-state index in [0.717, 1.165) is 88.8 Å². The van der Waals surface area contributed by atoms with Gasteiger partial charge in [-0.1, -0.05) is 12.1 Å². The number of para-hydroxylation sites is 2. The van der Waals surface area contributed by atoms with Gasteiger partial charge in [0.25, 0.3) is 0 Å². The molecule has 4 heterocycles. The summed E-state index contributed by atoms with van der Waals surface area (Å²) in [7, 11) is 0. The largest absolute Gasteiger partial charge is 0.321 e. The van der Waals surface area contributed by atoms with Gasteiger partial charge in [-0.05, 0) is 91.1 Å². The monoisotopic (exact) mass is 477 g/mol. The zero-order valence-corrected chi connectivity index (χ0v) is 19.9. The fraction of sp³-hybridized carbons (Fsp3) is 0.565. The van der Waals surface area contributed by atoms with Crippen LogP contribution in [-0.2, 0) is 19.6 Å². The van der Waals surface area contributed by atoms with Crippen LogP contribution in [0.25, 0.3) is 11.0 Å². The van der Waals surface area contributed by atoms with Gasteiger partial charge in [-0.2, -0.15) is 0 Å². The predicted octanol–water partition coefficient (Wildman–Crippen LogP) is 1.86. The molecule has 12 nitrogen and oxygen atoms in total. The maximum absolute atomic E-state index is 13.6. The first kappa shape index (κ1) is 23.2. The van der Waals surface area contributed by atoms with Crippen molar-refractivity contribution in [3.63, 3.8) is 0 Å². The number of nitrogens with zero attached hydrogens (tertiary/aromatic N) is 11. The Hall–Kier alpha value is -3.54. The van der Waals surface area contributed by atoms with E-state index in [-0.39, 0.29) is 11.7 Å². The number of imidazole rings is 1. The fourth-order valence-electron chi connectivity index (χ4n) is 4.81. The lowest BCUT2D eigenvalue weighted by Crippen LogP contribution is -2.37. The number of benzene rings is 1. The van der Waals surface area contributed by atoms with Crippen molar-refractivity contribution < 1.29 is 4.79 Å². The Kier molecular flexibility index (Phi) is 7.47. The van der Waals surface area contributed by atoms with Crippen LogP contribution in [-0.4, -0.2) is 80.3 Å². The molecule has 5 rings (SSSR count). The number of aryl methyl sites for hydroxylation is 3. The number of Topliss-reactive ketones (excluding diaryl/α,β-unsaturated/α-hetero) is 1. The van der Waals surface area contributed by atoms with Gasteiger partial charge in [-0.25, -0.2) is 14.3 Å². The number of piperidine rings is 1. The number of carbonyl (C=O) groups is 1. The number of aromatic nitrogens is 10. The highest BCUT2D eigenvalue weighted by molar-refractivity contribution is 5.98. The molecule has 1 aromatic carbocycles. The highest BCUT2D eigenvalue weighted by Gasteiger charge is 2.29. The normalized spacial score (nSPS) is 15.2. The summed E-state index contributed by atoms with van der Waals surface area (Å²) in [5, 5.41) is 22.5. The van der Waals surface area contributed by atoms with Crippen molar-refractivity contribution in [3.05, 3.63) is 42.7 Å². The molecule has 0 amide bonds. The zero-order valence-electron chi connectivity index (χ0n) is 19.9. The third-order valence-corrected chi connectivity index (χ3v) is 6.75. The maximum Gasteiger partial charge on any atom is 0.201 e. The van der Waals surface area contributed by atoms with Crippen molar-refractivity contribution in [1.82, 2.24) is 54.9 Å². The lowest BCUT2D eigenvalue weighted by Gasteiger charge is -2.31. The number of rotatable bonds is 12. The van der Waals surface area contributed by atoms with Crippen molar-refractivity contribution in [2.45, 2.75) is 58.2 Å². The molecule has 0 atom stereocenters. The topological polar surface area (TPSA) is 125 Å². The summed E-state index contributed by atoms with van der Waals surface area (Å²) >= 11 is 0. The van der Waals surface area contributed by atoms with Gasteiger partial charge in [0, 0.05) is 25.6 Å². The first-order chi connectivity index (χ1) is 17.3. The molecule has 0 unspecified atom stereocenters. The van der Waals surface area contributed by atoms with E-state index in [1.807, 2.05) is 18.2 Å². The first-order valence-corrected chi connectivity index (χ1v) is 12.4. The summed E-state index contributed by atoms with van der Waals surface area (Å²) in [5.74, 6) is 0.817. The second-order valence-electron chi connectivity index (χ2n) is 9.12. The number of carbonyl (C=O) groups excluding carboxylic acids is 1. The van der Waals surface area contributed by atoms with E-state index in [4.69, 9.17) is 4.98 Å². The summed E-state index contributed by atoms with van der Waals surface area (Å²) in [6.07, 6.45) is 9.03. The minimum atomic E-state index is 0.0317. The molecule has 12 heteroatoms. The fourth-order valence-corrected chi connectivity index (χ4v) is 4.81. The SMILES string of the molecule is O=C(c1nc2ccccc2n1CCCCn1cnnn1)C1CCN(CCCCn2cnnn2)CC1. The Morgan fingerprint density at radius 2 is 1.46 bits per heavy atom. The molecule has 184 valence electrons. The molecule has 0 spiro atoms. The van der Waals surface area contributed by atoms with Gasteiger partial charge in [-0.3, -0.25) is 4.79 Å². The van der Waals surface area contributed by atoms with E-state index >= 15 is 0 Å². The lowest BCUT2D eigenvalue weighted by atomic mass is 9.92. The number of likely N-dealkylation sites (tertiary alicyclic amines) is 1. The first-order valence-electron chi connectivity index (χ1n) is 12.4. The van der Waals surface area contributed by atoms with Crippen LogP contribution >= 0.6 is 0 Å². The van der Waals surface area contributed by atoms with E-state index in [9.17, 15) is 4.79 Å². The van der Waals surface area contributed by atoms with Crippen LogP contribution < -0.4 is 0 Å². The number of ketones is 1. The molecule has 1 saturated heterocycles. The summed E-state index contributed by atoms with van der Waals surface area (Å²) in [4.78, 5) is 20.8. The second-order valence-corrected chi connectivity index (χ2v) is 9.12. The quantitative estimate of drug-likeness (QED) is 0.222. The van der Waals surface area contributed by atoms with Crippen LogP contribution in [0.3, 0.4) is 0 Å². The highest BCUT2D eigenvalue weighted by Crippen LogP contribution is 2.25. The summed E-state index contributed by atoms with van der Waals surface area (Å²) in [5.41, 5.74) is 1.91. The summed E-state index contributed by atoms with van der Waals surface area (Å²) < 4.78 is 5.61. The van der Waals surface area contributed by atoms with Crippen LogP contribution in [0.15, 0.2) is 36.9 Å². The van der Waals surface area contributed by atoms with Crippen molar-refractivity contribution in [1.29, 1.82) is 0 Å². The van der Waals surface area contributed by atoms with Crippen LogP contribution in [0.2, 0.25) is 0 Å². The Bertz CT molecular complexity index is 1190. The van der Waals surface area contributed by atoms with Crippen LogP contribution in [0.5, 0.6) is 0 Å². The van der Waals surface area contributed by atoms with E-state index in [1.54, 1.807) is 22.0 Å². The standard InChI is InChI=1S/C23H31N11O/c35-22(19-9-15-31(16-10-19)11-3-4-12-32-17-24-27-29-32)23-26-20-7-1-2-8-21(20)34(23)14-6-5-13-33-18-25-28-30-33/h1-2,7-8,17-19H,3-6,9-16H2. The van der Waals surface area contributed by atoms with Crippen molar-refractivity contribution in [3.8, 4) is 0 Å². The molecular weight excluding hydrogens is 446 g/mol. The number of tetrazole rings is 2. The number of hydrogen-bond acceptors (Lipinski definition) is 9. The molecule has 1 aliphatic heterocycles. The summed E-state index contributed by atoms with van der Waals surface area (Å²) in [6, 6.07) is 8.03. The molecular formula is C23H31N11O. The predicted molar refractivity (Wildman–Crippen MR) is 127 cm³/mol. The van der Waals surface area contributed by atoms with E-state index < -0.39 is 0 Å². The minimum Gasteiger partial charge on any atom is -0.321 e. The molecule has 0 bridgehead atoms. The summed E-state index contributed by atoms with van der Waals surface area (Å²) in [6.45, 7) is 5.30. The molecule has 0 aliphatic carbocycles. The van der Waals surface area contributed by atoms with Gasteiger partial charge in [0.1, 0.15) is 12.7 Å². The Morgan fingerprint density at radius 3 is 2.11 bits per heavy atom. The average molecular weight is 478 g/mol. The molecule has 4 aromatic rings. The minimum absolute atomic E-state index is 0.0317. The van der Waals surface area contributed by atoms with Gasteiger partial charge in [0.15, 0.2) is 5.82 Å². The molecule has 0 N–H and O–H groups in total. The lowest BCUT2D eigenvalue weighted by molar-refractivity contribution is 0.0823. The maximum atomic E-state index is 13.6. The molecule has 0 saturated carbocycles. The van der Waals surface area contributed by atoms with Gasteiger partial charge in [0.05, 0.1) is 11.0 Å². The Balaban J connectivity index is 1.15. The molecule has 0 radical (unpaired) electrons. The van der Waals surface area contributed by atoms with Gasteiger partial charge < -0.3 is 9.47 Å². The average Bonchev–Trinajstić information content (AvgIpc) is 3.66. The van der Waals surface area contributed by atoms with E-state index in [0.29, 0.717) is 5.82 Å². The van der Waals surface area contributed by atoms with Crippen LogP contribution in [0.4, 0.5) is 0 Å². The van der Waals surface area contributed by atoms with Crippen molar-refractivity contribution in [2.24, 2.45) is 5.92 Å². The number of unbranched alkanes of at least 4 members (excludes halogenated alkanes) is 2. The van der Waals surface area contributed by atoms with Crippen molar-refractivity contribution in [2.75, 3.05) is 19.6 Å². The molecule has 1 fully saturated rings. The molecule has 35 heavy (non-hydrogen) atoms. The van der Waals surface area contributed by atoms with Crippen molar-refractivity contribution >= 4 is 16.8 Å². The van der Waals surface area contributed by atoms with Gasteiger partial charge in [-0.15, -0.1) is 10.2 Å². The van der Waals surface area contributed by atoms with Crippen LogP contribution in [0, 0.1) is 5.92 Å². The van der Waals surface area contributed by atoms with Gasteiger partial charge in [0.2, 0.25) is 5.78 Å². The third kappa shape index (κ3) is 5.76. The second kappa shape index (κ2) is 11.3. The number of fused-ring (bicyclic) bond motifs is 1. The third-order valence-electron chi connectivity index (χ3n) is 6.75. The molecule has 1 aliphatic rings. The van der Waals surface area contributed by atoms with Gasteiger partial charge >= 0.3 is 0 Å².